The summed E-state index contributed by atoms with van der Waals surface area (Å²) in [5.74, 6) is -4.05. The fourth-order valence-electron chi connectivity index (χ4n) is 3.57. The van der Waals surface area contributed by atoms with Gasteiger partial charge in [0.25, 0.3) is 0 Å². The first-order chi connectivity index (χ1) is 20.5. The van der Waals surface area contributed by atoms with Crippen LogP contribution >= 0.6 is 12.2 Å². The molecule has 1 atom stereocenters. The fraction of sp³-hybridized carbons (Fsp3) is 0.296. The number of pyridine rings is 1. The smallest absolute Gasteiger partial charge is 0.490 e. The fourth-order valence-corrected chi connectivity index (χ4v) is 5.22. The average molecular weight is 659 g/mol. The molecule has 0 amide bonds. The summed E-state index contributed by atoms with van der Waals surface area (Å²) in [4.78, 5) is 35.3. The van der Waals surface area contributed by atoms with Crippen LogP contribution in [0.2, 0.25) is 0 Å². The summed E-state index contributed by atoms with van der Waals surface area (Å²) >= 11 is 5.28. The summed E-state index contributed by atoms with van der Waals surface area (Å²) in [6.07, 6.45) is -3.35. The predicted molar refractivity (Wildman–Crippen MR) is 158 cm³/mol. The largest absolute Gasteiger partial charge is 0.492 e. The maximum Gasteiger partial charge on any atom is 0.490 e. The van der Waals surface area contributed by atoms with Crippen LogP contribution in [0, 0.1) is 0 Å². The van der Waals surface area contributed by atoms with Crippen molar-refractivity contribution in [3.8, 4) is 5.75 Å². The van der Waals surface area contributed by atoms with Gasteiger partial charge in [-0.15, -0.1) is 0 Å². The second kappa shape index (κ2) is 15.9. The zero-order valence-corrected chi connectivity index (χ0v) is 24.9. The van der Waals surface area contributed by atoms with Crippen LogP contribution in [0.4, 0.5) is 18.9 Å². The Labute approximate surface area is 255 Å². The molecule has 44 heavy (non-hydrogen) atoms. The van der Waals surface area contributed by atoms with E-state index in [1.165, 1.54) is 18.2 Å². The number of carboxylic acids is 2. The van der Waals surface area contributed by atoms with Crippen LogP contribution in [-0.2, 0) is 30.8 Å². The number of alkyl halides is 3. The molecule has 12 nitrogen and oxygen atoms in total. The molecule has 3 aromatic rings. The Morgan fingerprint density at radius 1 is 1.11 bits per heavy atom. The number of carbonyl (C=O) groups is 3. The highest BCUT2D eigenvalue weighted by atomic mass is 32.2. The monoisotopic (exact) mass is 658 g/mol. The van der Waals surface area contributed by atoms with Crippen molar-refractivity contribution in [1.29, 1.82) is 0 Å². The third-order valence-electron chi connectivity index (χ3n) is 5.38. The summed E-state index contributed by atoms with van der Waals surface area (Å²) in [6.45, 7) is 3.99. The van der Waals surface area contributed by atoms with Crippen molar-refractivity contribution in [2.45, 2.75) is 49.8 Å². The third-order valence-corrected chi connectivity index (χ3v) is 7.13. The van der Waals surface area contributed by atoms with E-state index >= 15 is 0 Å². The van der Waals surface area contributed by atoms with Gasteiger partial charge >= 0.3 is 18.1 Å². The maximum absolute atomic E-state index is 13.1. The highest BCUT2D eigenvalue weighted by Gasteiger charge is 2.38. The van der Waals surface area contributed by atoms with Gasteiger partial charge in [0.2, 0.25) is 10.0 Å². The number of hydrogen-bond donors (Lipinski definition) is 5. The summed E-state index contributed by atoms with van der Waals surface area (Å²) in [5, 5.41) is 23.4. The molecular formula is C27H29F3N4O8S2. The van der Waals surface area contributed by atoms with E-state index in [4.69, 9.17) is 32.0 Å². The van der Waals surface area contributed by atoms with E-state index in [0.29, 0.717) is 17.2 Å². The molecule has 3 rings (SSSR count). The van der Waals surface area contributed by atoms with Gasteiger partial charge in [0.1, 0.15) is 16.9 Å². The van der Waals surface area contributed by atoms with Crippen molar-refractivity contribution < 1.29 is 50.9 Å². The number of carbonyl (C=O) groups excluding carboxylic acids is 1. The summed E-state index contributed by atoms with van der Waals surface area (Å²) < 4.78 is 66.0. The summed E-state index contributed by atoms with van der Waals surface area (Å²) in [5.41, 5.74) is 2.30. The van der Waals surface area contributed by atoms with Crippen LogP contribution in [-0.4, -0.2) is 71.8 Å². The first-order valence-corrected chi connectivity index (χ1v) is 14.6. The van der Waals surface area contributed by atoms with Gasteiger partial charge in [0.15, 0.2) is 5.11 Å². The van der Waals surface area contributed by atoms with Gasteiger partial charge in [0.05, 0.1) is 24.6 Å². The number of sulfonamides is 1. The van der Waals surface area contributed by atoms with Gasteiger partial charge in [0, 0.05) is 35.8 Å². The molecule has 0 bridgehead atoms. The molecule has 0 aliphatic carbocycles. The van der Waals surface area contributed by atoms with Crippen LogP contribution in [0.15, 0.2) is 59.6 Å². The molecule has 17 heteroatoms. The van der Waals surface area contributed by atoms with Gasteiger partial charge in [-0.25, -0.2) is 17.9 Å². The lowest BCUT2D eigenvalue weighted by Gasteiger charge is -2.18. The highest BCUT2D eigenvalue weighted by molar-refractivity contribution is 7.89. The molecule has 238 valence electrons. The molecule has 5 N–H and O–H groups in total. The quantitative estimate of drug-likeness (QED) is 0.141. The number of halogens is 3. The number of nitrogens with zero attached hydrogens (tertiary/aromatic N) is 1. The van der Waals surface area contributed by atoms with Gasteiger partial charge in [-0.05, 0) is 55.9 Å². The Bertz CT molecular complexity index is 1600. The lowest BCUT2D eigenvalue weighted by atomic mass is 10.1. The zero-order chi connectivity index (χ0) is 33.1. The number of fused-ring (bicyclic) bond motifs is 1. The Hall–Kier alpha value is -4.35. The number of aliphatic carboxylic acids is 2. The number of aldehydes is 1. The van der Waals surface area contributed by atoms with E-state index in [2.05, 4.69) is 20.3 Å². The number of carboxylic acid groups (broad SMARTS) is 2. The minimum atomic E-state index is -5.08. The van der Waals surface area contributed by atoms with Crippen LogP contribution in [0.3, 0.4) is 0 Å². The number of nitrogens with one attached hydrogen (secondary N) is 3. The van der Waals surface area contributed by atoms with Gasteiger partial charge in [-0.2, -0.15) is 13.2 Å². The Balaban J connectivity index is 0.000000860. The van der Waals surface area contributed by atoms with Gasteiger partial charge < -0.3 is 30.4 Å². The number of benzene rings is 2. The molecule has 2 aromatic carbocycles. The normalized spacial score (nSPS) is 12.0. The molecule has 0 saturated carbocycles. The van der Waals surface area contributed by atoms with E-state index in [0.717, 1.165) is 16.5 Å². The molecule has 0 spiro atoms. The standard InChI is InChI=1S/C25H28N4O6S2.C2HF3O2/c1-16(2)27-25(36)28-18-8-9-23(37(33,34)29-19(15-30)14-24(31)32)22(13-18)35-12-10-17-5-3-7-21-20(17)6-4-11-26-21;3-2(4,5)1(6)7/h3-9,11,13,15-16,19,29H,10,12,14H2,1-2H3,(H,31,32)(H2,27,28,36);(H,6,7). The van der Waals surface area contributed by atoms with Crippen LogP contribution in [0.5, 0.6) is 5.75 Å². The van der Waals surface area contributed by atoms with Crippen LogP contribution in [0.25, 0.3) is 10.9 Å². The summed E-state index contributed by atoms with van der Waals surface area (Å²) in [6, 6.07) is 12.5. The number of anilines is 1. The molecule has 1 aromatic heterocycles. The Kier molecular flexibility index (Phi) is 13.0. The number of aromatic nitrogens is 1. The minimum Gasteiger partial charge on any atom is -0.492 e. The van der Waals surface area contributed by atoms with Crippen LogP contribution in [0.1, 0.15) is 25.8 Å². The van der Waals surface area contributed by atoms with E-state index in [9.17, 15) is 31.2 Å². The second-order valence-electron chi connectivity index (χ2n) is 9.27. The second-order valence-corrected chi connectivity index (χ2v) is 11.4. The van der Waals surface area contributed by atoms with Crippen molar-refractivity contribution in [3.05, 3.63) is 60.3 Å². The number of ether oxygens (including phenoxy) is 1. The van der Waals surface area contributed by atoms with Crippen molar-refractivity contribution >= 4 is 62.2 Å². The van der Waals surface area contributed by atoms with Crippen molar-refractivity contribution in [3.63, 3.8) is 0 Å². The molecule has 0 saturated heterocycles. The van der Waals surface area contributed by atoms with Crippen LogP contribution < -0.4 is 20.1 Å². The van der Waals surface area contributed by atoms with E-state index in [1.54, 1.807) is 6.20 Å². The Morgan fingerprint density at radius 2 is 1.80 bits per heavy atom. The van der Waals surface area contributed by atoms with E-state index in [-0.39, 0.29) is 29.6 Å². The Morgan fingerprint density at radius 3 is 2.39 bits per heavy atom. The third kappa shape index (κ3) is 11.4. The minimum absolute atomic E-state index is 0.0168. The molecule has 1 unspecified atom stereocenters. The van der Waals surface area contributed by atoms with Crippen molar-refractivity contribution in [2.24, 2.45) is 0 Å². The lowest BCUT2D eigenvalue weighted by molar-refractivity contribution is -0.192. The van der Waals surface area contributed by atoms with E-state index in [1.807, 2.05) is 44.2 Å². The molecular weight excluding hydrogens is 629 g/mol. The first-order valence-electron chi connectivity index (χ1n) is 12.7. The van der Waals surface area contributed by atoms with Crippen molar-refractivity contribution in [1.82, 2.24) is 15.0 Å². The molecule has 0 fully saturated rings. The topological polar surface area (TPSA) is 184 Å². The van der Waals surface area contributed by atoms with Gasteiger partial charge in [-0.1, -0.05) is 18.2 Å². The SMILES string of the molecule is CC(C)NC(=S)Nc1ccc(S(=O)(=O)NC(C=O)CC(=O)O)c(OCCc2cccc3ncccc23)c1.O=C(O)C(F)(F)F. The highest BCUT2D eigenvalue weighted by Crippen LogP contribution is 2.29. The summed E-state index contributed by atoms with van der Waals surface area (Å²) in [7, 11) is -4.30. The maximum atomic E-state index is 13.1. The van der Waals surface area contributed by atoms with Crippen molar-refractivity contribution in [2.75, 3.05) is 11.9 Å². The molecule has 0 aliphatic heterocycles. The predicted octanol–water partition coefficient (Wildman–Crippen LogP) is 3.50. The number of hydrogen-bond acceptors (Lipinski definition) is 8. The first kappa shape index (κ1) is 35.8. The zero-order valence-electron chi connectivity index (χ0n) is 23.3. The number of thiocarbonyl (C=S) groups is 1. The lowest BCUT2D eigenvalue weighted by Crippen LogP contribution is -2.37. The van der Waals surface area contributed by atoms with Gasteiger partial charge in [-0.3, -0.25) is 9.78 Å². The van der Waals surface area contributed by atoms with E-state index < -0.39 is 40.6 Å². The number of rotatable bonds is 12. The molecule has 0 aliphatic rings. The molecule has 0 radical (unpaired) electrons. The average Bonchev–Trinajstić information content (AvgIpc) is 2.91. The molecule has 1 heterocycles.